The predicted molar refractivity (Wildman–Crippen MR) is 103 cm³/mol. The van der Waals surface area contributed by atoms with Crippen molar-refractivity contribution in [3.63, 3.8) is 0 Å². The van der Waals surface area contributed by atoms with Gasteiger partial charge in [0.05, 0.1) is 10.5 Å². The van der Waals surface area contributed by atoms with Crippen molar-refractivity contribution >= 4 is 26.9 Å². The Morgan fingerprint density at radius 1 is 1.23 bits per heavy atom. The summed E-state index contributed by atoms with van der Waals surface area (Å²) in [5.41, 5.74) is -1.82. The fourth-order valence-corrected chi connectivity index (χ4v) is 5.04. The third kappa shape index (κ3) is 4.67. The molecule has 7 nitrogen and oxygen atoms in total. The number of carbonyl (C=O) groups is 1. The van der Waals surface area contributed by atoms with Crippen LogP contribution >= 0.6 is 0 Å². The van der Waals surface area contributed by atoms with E-state index in [0.29, 0.717) is 12.6 Å². The number of hydrogen-bond donors (Lipinski definition) is 1. The Labute approximate surface area is 172 Å². The molecule has 1 amide bonds. The molecule has 3 rings (SSSR count). The first kappa shape index (κ1) is 22.3. The number of amides is 1. The zero-order valence-electron chi connectivity index (χ0n) is 16.7. The predicted octanol–water partition coefficient (Wildman–Crippen LogP) is 3.54. The average Bonchev–Trinajstić information content (AvgIpc) is 3.07. The van der Waals surface area contributed by atoms with Gasteiger partial charge in [0.15, 0.2) is 0 Å². The summed E-state index contributed by atoms with van der Waals surface area (Å²) in [6.45, 7) is 5.10. The number of halogens is 3. The number of alkyl carbamates (subject to hydrolysis) is 1. The number of nitrogens with zero attached hydrogens (tertiary/aromatic N) is 2. The van der Waals surface area contributed by atoms with Crippen LogP contribution in [0.15, 0.2) is 35.5 Å². The van der Waals surface area contributed by atoms with E-state index in [-0.39, 0.29) is 18.5 Å². The molecular formula is C19H22F3N3O4S. The molecule has 1 aliphatic rings. The van der Waals surface area contributed by atoms with Crippen molar-refractivity contribution in [2.24, 2.45) is 0 Å². The second-order valence-corrected chi connectivity index (χ2v) is 9.94. The summed E-state index contributed by atoms with van der Waals surface area (Å²) in [6, 6.07) is 3.41. The van der Waals surface area contributed by atoms with Gasteiger partial charge in [0.1, 0.15) is 5.60 Å². The Bertz CT molecular complexity index is 1060. The van der Waals surface area contributed by atoms with Crippen molar-refractivity contribution in [3.05, 3.63) is 36.2 Å². The smallest absolute Gasteiger partial charge is 0.418 e. The quantitative estimate of drug-likeness (QED) is 0.781. The number of hydrogen-bond acceptors (Lipinski definition) is 5. The van der Waals surface area contributed by atoms with Crippen LogP contribution in [0.5, 0.6) is 0 Å². The zero-order valence-corrected chi connectivity index (χ0v) is 17.5. The van der Waals surface area contributed by atoms with Crippen LogP contribution in [-0.4, -0.2) is 48.5 Å². The topological polar surface area (TPSA) is 88.6 Å². The molecule has 1 fully saturated rings. The fourth-order valence-electron chi connectivity index (χ4n) is 3.31. The number of ether oxygens (including phenoxy) is 1. The van der Waals surface area contributed by atoms with E-state index in [9.17, 15) is 26.4 Å². The van der Waals surface area contributed by atoms with Gasteiger partial charge in [-0.2, -0.15) is 17.5 Å². The van der Waals surface area contributed by atoms with Crippen molar-refractivity contribution in [2.75, 3.05) is 13.1 Å². The molecule has 30 heavy (non-hydrogen) atoms. The number of carbonyl (C=O) groups excluding carboxylic acids is 1. The molecule has 0 unspecified atom stereocenters. The Morgan fingerprint density at radius 2 is 1.93 bits per heavy atom. The van der Waals surface area contributed by atoms with E-state index in [0.717, 1.165) is 10.4 Å². The van der Waals surface area contributed by atoms with Crippen LogP contribution in [0.1, 0.15) is 32.8 Å². The Morgan fingerprint density at radius 3 is 2.57 bits per heavy atom. The monoisotopic (exact) mass is 445 g/mol. The first-order valence-electron chi connectivity index (χ1n) is 9.22. The first-order chi connectivity index (χ1) is 13.8. The lowest BCUT2D eigenvalue weighted by atomic mass is 10.1. The zero-order chi connectivity index (χ0) is 22.3. The lowest BCUT2D eigenvalue weighted by molar-refractivity contribution is -0.136. The second kappa shape index (κ2) is 7.69. The van der Waals surface area contributed by atoms with Gasteiger partial charge >= 0.3 is 12.3 Å². The fraction of sp³-hybridized carbons (Fsp3) is 0.474. The van der Waals surface area contributed by atoms with E-state index < -0.39 is 49.8 Å². The van der Waals surface area contributed by atoms with Gasteiger partial charge in [-0.15, -0.1) is 0 Å². The highest BCUT2D eigenvalue weighted by atomic mass is 32.2. The summed E-state index contributed by atoms with van der Waals surface area (Å²) in [6.07, 6.45) is -3.30. The van der Waals surface area contributed by atoms with E-state index in [4.69, 9.17) is 4.74 Å². The largest absolute Gasteiger partial charge is 0.444 e. The van der Waals surface area contributed by atoms with Crippen LogP contribution in [-0.2, 0) is 20.9 Å². The molecule has 2 aromatic rings. The first-order valence-corrected chi connectivity index (χ1v) is 10.7. The molecule has 0 saturated carbocycles. The molecule has 1 N–H and O–H groups in total. The maximum absolute atomic E-state index is 13.5. The molecule has 2 heterocycles. The average molecular weight is 445 g/mol. The highest BCUT2D eigenvalue weighted by Gasteiger charge is 2.39. The highest BCUT2D eigenvalue weighted by molar-refractivity contribution is 7.89. The van der Waals surface area contributed by atoms with E-state index in [1.807, 2.05) is 0 Å². The minimum atomic E-state index is -4.76. The van der Waals surface area contributed by atoms with E-state index in [1.165, 1.54) is 18.3 Å². The Hall–Kier alpha value is -2.40. The maximum atomic E-state index is 13.5. The van der Waals surface area contributed by atoms with E-state index in [1.54, 1.807) is 20.8 Å². The van der Waals surface area contributed by atoms with Crippen molar-refractivity contribution in [1.29, 1.82) is 0 Å². The maximum Gasteiger partial charge on any atom is 0.418 e. The number of sulfonamides is 1. The number of rotatable bonds is 3. The molecule has 0 bridgehead atoms. The minimum Gasteiger partial charge on any atom is -0.444 e. The number of benzene rings is 1. The van der Waals surface area contributed by atoms with Gasteiger partial charge in [0.2, 0.25) is 10.0 Å². The van der Waals surface area contributed by atoms with Gasteiger partial charge in [0, 0.05) is 42.3 Å². The molecule has 11 heteroatoms. The van der Waals surface area contributed by atoms with Gasteiger partial charge in [0.25, 0.3) is 0 Å². The molecule has 164 valence electrons. The van der Waals surface area contributed by atoms with E-state index >= 15 is 0 Å². The van der Waals surface area contributed by atoms with Gasteiger partial charge in [-0.1, -0.05) is 12.1 Å². The summed E-state index contributed by atoms with van der Waals surface area (Å²) >= 11 is 0. The summed E-state index contributed by atoms with van der Waals surface area (Å²) in [4.78, 5) is 15.1. The minimum absolute atomic E-state index is 0.0611. The normalized spacial score (nSPS) is 18.5. The number of fused-ring (bicyclic) bond motifs is 1. The van der Waals surface area contributed by atoms with Gasteiger partial charge in [-0.25, -0.2) is 13.2 Å². The summed E-state index contributed by atoms with van der Waals surface area (Å²) < 4.78 is 73.1. The molecule has 1 aliphatic heterocycles. The molecule has 1 saturated heterocycles. The number of aromatic nitrogens is 1. The Kier molecular flexibility index (Phi) is 5.72. The summed E-state index contributed by atoms with van der Waals surface area (Å²) in [7, 11) is -4.24. The molecule has 0 spiro atoms. The second-order valence-electron chi connectivity index (χ2n) is 8.03. The standard InChI is InChI=1S/C19H22F3N3O4S/c1-18(2,3)29-17(26)24-13-7-8-25(11-13)30(27,28)15-6-4-5-12-9-23-10-14(16(12)15)19(20,21)22/h4-6,9-10,13H,7-8,11H2,1-3H3,(H,24,26)/t13-/m0/s1. The molecular weight excluding hydrogens is 423 g/mol. The van der Waals surface area contributed by atoms with Gasteiger partial charge in [-0.3, -0.25) is 4.98 Å². The molecule has 1 atom stereocenters. The lowest BCUT2D eigenvalue weighted by Crippen LogP contribution is -2.41. The SMILES string of the molecule is CC(C)(C)OC(=O)N[C@H]1CCN(S(=O)(=O)c2cccc3cncc(C(F)(F)F)c23)C1. The van der Waals surface area contributed by atoms with Crippen molar-refractivity contribution in [2.45, 2.75) is 49.9 Å². The molecule has 0 radical (unpaired) electrons. The summed E-state index contributed by atoms with van der Waals surface area (Å²) in [5.74, 6) is 0. The van der Waals surface area contributed by atoms with Crippen LogP contribution in [0.2, 0.25) is 0 Å². The van der Waals surface area contributed by atoms with Crippen LogP contribution < -0.4 is 5.32 Å². The van der Waals surface area contributed by atoms with Crippen molar-refractivity contribution < 1.29 is 31.1 Å². The van der Waals surface area contributed by atoms with Crippen LogP contribution in [0.4, 0.5) is 18.0 Å². The highest BCUT2D eigenvalue weighted by Crippen LogP contribution is 2.38. The van der Waals surface area contributed by atoms with Gasteiger partial charge < -0.3 is 10.1 Å². The number of pyridine rings is 1. The number of nitrogens with one attached hydrogen (secondary N) is 1. The number of alkyl halides is 3. The molecule has 1 aromatic heterocycles. The lowest BCUT2D eigenvalue weighted by Gasteiger charge is -2.22. The third-order valence-corrected chi connectivity index (χ3v) is 6.45. The summed E-state index contributed by atoms with van der Waals surface area (Å²) in [5, 5.41) is 2.27. The molecule has 0 aliphatic carbocycles. The third-order valence-electron chi connectivity index (χ3n) is 4.54. The van der Waals surface area contributed by atoms with Crippen LogP contribution in [0, 0.1) is 0 Å². The van der Waals surface area contributed by atoms with E-state index in [2.05, 4.69) is 10.3 Å². The van der Waals surface area contributed by atoms with Crippen LogP contribution in [0.25, 0.3) is 10.8 Å². The Balaban J connectivity index is 1.90. The van der Waals surface area contributed by atoms with Crippen molar-refractivity contribution in [1.82, 2.24) is 14.6 Å². The van der Waals surface area contributed by atoms with Crippen LogP contribution in [0.3, 0.4) is 0 Å². The van der Waals surface area contributed by atoms with Gasteiger partial charge in [-0.05, 0) is 33.3 Å². The van der Waals surface area contributed by atoms with Crippen molar-refractivity contribution in [3.8, 4) is 0 Å². The molecule has 1 aromatic carbocycles.